The van der Waals surface area contributed by atoms with Crippen LogP contribution in [0.3, 0.4) is 0 Å². The van der Waals surface area contributed by atoms with Crippen molar-refractivity contribution in [2.24, 2.45) is 0 Å². The van der Waals surface area contributed by atoms with Crippen LogP contribution in [0.25, 0.3) is 0 Å². The molecule has 0 saturated heterocycles. The molecule has 5 nitrogen and oxygen atoms in total. The lowest BCUT2D eigenvalue weighted by Gasteiger charge is -2.19. The third kappa shape index (κ3) is 4.00. The van der Waals surface area contributed by atoms with Gasteiger partial charge in [0, 0.05) is 11.1 Å². The zero-order valence-corrected chi connectivity index (χ0v) is 17.9. The number of carboxylic acid groups (broad SMARTS) is 1. The Hall–Kier alpha value is -2.52. The number of hydrogen-bond acceptors (Lipinski definition) is 4. The average Bonchev–Trinajstić information content (AvgIpc) is 2.51. The van der Waals surface area contributed by atoms with Gasteiger partial charge in [-0.05, 0) is 63.8 Å². The van der Waals surface area contributed by atoms with Gasteiger partial charge in [0.2, 0.25) is 18.2 Å². The summed E-state index contributed by atoms with van der Waals surface area (Å²) in [5, 5.41) is 9.33. The maximum Gasteiger partial charge on any atom is 0.311 e. The van der Waals surface area contributed by atoms with Crippen molar-refractivity contribution < 1.29 is 24.1 Å². The lowest BCUT2D eigenvalue weighted by atomic mass is 10.0. The van der Waals surface area contributed by atoms with Gasteiger partial charge in [0.05, 0.1) is 0 Å². The van der Waals surface area contributed by atoms with E-state index in [1.807, 2.05) is 13.8 Å². The topological polar surface area (TPSA) is 88.5 Å². The van der Waals surface area contributed by atoms with Gasteiger partial charge in [-0.25, -0.2) is 0 Å². The van der Waals surface area contributed by atoms with Crippen LogP contribution in [-0.4, -0.2) is 28.3 Å². The van der Waals surface area contributed by atoms with Crippen molar-refractivity contribution in [2.75, 3.05) is 6.16 Å². The number of aryl methyl sites for hydroxylation is 6. The van der Waals surface area contributed by atoms with Crippen LogP contribution in [0, 0.1) is 41.5 Å². The Morgan fingerprint density at radius 1 is 0.714 bits per heavy atom. The summed E-state index contributed by atoms with van der Waals surface area (Å²) in [5.41, 5.74) is 2.76. The van der Waals surface area contributed by atoms with E-state index < -0.39 is 30.3 Å². The molecule has 1 N–H and O–H groups in total. The third-order valence-electron chi connectivity index (χ3n) is 4.80. The van der Waals surface area contributed by atoms with Crippen LogP contribution in [-0.2, 0) is 9.36 Å². The highest BCUT2D eigenvalue weighted by atomic mass is 31.2. The monoisotopic (exact) mass is 400 g/mol. The van der Waals surface area contributed by atoms with E-state index in [1.54, 1.807) is 52.0 Å². The third-order valence-corrected chi connectivity index (χ3v) is 7.27. The highest BCUT2D eigenvalue weighted by molar-refractivity contribution is 7.96. The van der Waals surface area contributed by atoms with Crippen molar-refractivity contribution in [3.05, 3.63) is 68.8 Å². The Morgan fingerprint density at radius 3 is 1.25 bits per heavy atom. The number of aliphatic carboxylic acids is 1. The lowest BCUT2D eigenvalue weighted by molar-refractivity contribution is -0.134. The van der Waals surface area contributed by atoms with Crippen molar-refractivity contribution in [1.29, 1.82) is 0 Å². The van der Waals surface area contributed by atoms with Crippen LogP contribution in [0.15, 0.2) is 24.3 Å². The van der Waals surface area contributed by atoms with E-state index in [9.17, 15) is 24.1 Å². The molecular weight excluding hydrogens is 375 g/mol. The van der Waals surface area contributed by atoms with E-state index in [4.69, 9.17) is 0 Å². The standard InChI is InChI=1S/C22H25O5P/c1-12-7-14(3)19(15(4)8-12)21(25)28(27,11-18(23)24)22(26)20-16(5)9-13(2)10-17(20)6/h7-10H,11H2,1-6H3,(H,23,24). The fraction of sp³-hybridized carbons (Fsp3) is 0.318. The highest BCUT2D eigenvalue weighted by Gasteiger charge is 2.44. The minimum atomic E-state index is -4.42. The molecule has 0 amide bonds. The van der Waals surface area contributed by atoms with Crippen molar-refractivity contribution in [3.8, 4) is 0 Å². The molecule has 0 radical (unpaired) electrons. The van der Waals surface area contributed by atoms with Crippen LogP contribution in [0.4, 0.5) is 0 Å². The molecule has 0 heterocycles. The Kier molecular flexibility index (Phi) is 6.10. The van der Waals surface area contributed by atoms with E-state index in [-0.39, 0.29) is 11.1 Å². The van der Waals surface area contributed by atoms with Gasteiger partial charge in [-0.2, -0.15) is 0 Å². The Morgan fingerprint density at radius 2 is 1.00 bits per heavy atom. The molecule has 148 valence electrons. The lowest BCUT2D eigenvalue weighted by Crippen LogP contribution is -2.20. The van der Waals surface area contributed by atoms with E-state index >= 15 is 0 Å². The molecule has 0 aliphatic carbocycles. The van der Waals surface area contributed by atoms with Crippen molar-refractivity contribution in [1.82, 2.24) is 0 Å². The van der Waals surface area contributed by atoms with Crippen molar-refractivity contribution in [3.63, 3.8) is 0 Å². The molecule has 2 rings (SSSR count). The summed E-state index contributed by atoms with van der Waals surface area (Å²) in [6.45, 7) is 10.5. The maximum atomic E-state index is 13.7. The van der Waals surface area contributed by atoms with E-state index in [0.29, 0.717) is 22.3 Å². The van der Waals surface area contributed by atoms with Crippen LogP contribution in [0.1, 0.15) is 54.1 Å². The van der Waals surface area contributed by atoms with Crippen LogP contribution >= 0.6 is 7.14 Å². The molecule has 2 aromatic carbocycles. The fourth-order valence-electron chi connectivity index (χ4n) is 3.82. The van der Waals surface area contributed by atoms with Crippen LogP contribution < -0.4 is 0 Å². The molecule has 28 heavy (non-hydrogen) atoms. The second-order valence-corrected chi connectivity index (χ2v) is 10.1. The summed E-state index contributed by atoms with van der Waals surface area (Å²) in [6, 6.07) is 7.05. The van der Waals surface area contributed by atoms with E-state index in [2.05, 4.69) is 0 Å². The minimum absolute atomic E-state index is 0.172. The zero-order valence-electron chi connectivity index (χ0n) is 17.0. The Bertz CT molecular complexity index is 929. The van der Waals surface area contributed by atoms with Gasteiger partial charge in [-0.3, -0.25) is 14.4 Å². The Balaban J connectivity index is 2.72. The normalized spacial score (nSPS) is 11.4. The Labute approximate surface area is 165 Å². The van der Waals surface area contributed by atoms with Crippen LogP contribution in [0.5, 0.6) is 0 Å². The molecule has 0 unspecified atom stereocenters. The van der Waals surface area contributed by atoms with Gasteiger partial charge in [0.15, 0.2) is 0 Å². The van der Waals surface area contributed by atoms with Crippen molar-refractivity contribution in [2.45, 2.75) is 41.5 Å². The first-order chi connectivity index (χ1) is 12.9. The largest absolute Gasteiger partial charge is 0.481 e. The number of carbonyl (C=O) groups is 3. The maximum absolute atomic E-state index is 13.7. The second-order valence-electron chi connectivity index (χ2n) is 7.45. The average molecular weight is 400 g/mol. The highest BCUT2D eigenvalue weighted by Crippen LogP contribution is 2.53. The number of carbonyl (C=O) groups excluding carboxylic acids is 2. The summed E-state index contributed by atoms with van der Waals surface area (Å²) in [5.74, 6) is -1.44. The second kappa shape index (κ2) is 7.84. The van der Waals surface area contributed by atoms with Crippen molar-refractivity contribution >= 4 is 24.2 Å². The summed E-state index contributed by atoms with van der Waals surface area (Å²) >= 11 is 0. The molecule has 0 bridgehead atoms. The first-order valence-corrected chi connectivity index (χ1v) is 10.8. The molecular formula is C22H25O5P. The molecule has 0 aliphatic heterocycles. The molecule has 0 spiro atoms. The molecule has 0 aliphatic rings. The molecule has 6 heteroatoms. The van der Waals surface area contributed by atoms with E-state index in [0.717, 1.165) is 11.1 Å². The van der Waals surface area contributed by atoms with Crippen LogP contribution in [0.2, 0.25) is 0 Å². The van der Waals surface area contributed by atoms with E-state index in [1.165, 1.54) is 0 Å². The number of benzene rings is 2. The first-order valence-electron chi connectivity index (χ1n) is 8.94. The SMILES string of the molecule is Cc1cc(C)c(C(=O)P(=O)(CC(=O)O)C(=O)c2c(C)cc(C)cc2C)c(C)c1. The van der Waals surface area contributed by atoms with Gasteiger partial charge < -0.3 is 9.67 Å². The summed E-state index contributed by atoms with van der Waals surface area (Å²) < 4.78 is 13.7. The summed E-state index contributed by atoms with van der Waals surface area (Å²) in [6.07, 6.45) is -0.996. The van der Waals surface area contributed by atoms with Gasteiger partial charge in [-0.1, -0.05) is 35.4 Å². The molecule has 0 aromatic heterocycles. The summed E-state index contributed by atoms with van der Waals surface area (Å²) in [4.78, 5) is 38.1. The zero-order chi connectivity index (χ0) is 21.4. The summed E-state index contributed by atoms with van der Waals surface area (Å²) in [7, 11) is -4.42. The van der Waals surface area contributed by atoms with Gasteiger partial charge in [0.25, 0.3) is 0 Å². The number of carboxylic acids is 1. The fourth-order valence-corrected chi connectivity index (χ4v) is 6.10. The number of rotatable bonds is 6. The molecule has 0 fully saturated rings. The molecule has 0 atom stereocenters. The smallest absolute Gasteiger partial charge is 0.311 e. The first kappa shape index (κ1) is 21.8. The number of hydrogen-bond donors (Lipinski definition) is 1. The van der Waals surface area contributed by atoms with Gasteiger partial charge in [-0.15, -0.1) is 0 Å². The molecule has 2 aromatic rings. The quantitative estimate of drug-likeness (QED) is 0.692. The predicted molar refractivity (Wildman–Crippen MR) is 110 cm³/mol. The van der Waals surface area contributed by atoms with Gasteiger partial charge in [0.1, 0.15) is 6.16 Å². The predicted octanol–water partition coefficient (Wildman–Crippen LogP) is 4.97. The van der Waals surface area contributed by atoms with Gasteiger partial charge >= 0.3 is 5.97 Å². The molecule has 0 saturated carbocycles. The minimum Gasteiger partial charge on any atom is -0.481 e.